The van der Waals surface area contributed by atoms with Crippen molar-refractivity contribution in [2.24, 2.45) is 0 Å². The van der Waals surface area contributed by atoms with Crippen LogP contribution < -0.4 is 0 Å². The minimum absolute atomic E-state index is 0.180. The van der Waals surface area contributed by atoms with E-state index < -0.39 is 235 Å². The van der Waals surface area contributed by atoms with Gasteiger partial charge in [0.2, 0.25) is 0 Å². The van der Waals surface area contributed by atoms with Crippen LogP contribution in [0.1, 0.15) is 38.4 Å². The fourth-order valence-electron chi connectivity index (χ4n) is 5.90. The molecule has 0 saturated heterocycles. The summed E-state index contributed by atoms with van der Waals surface area (Å²) in [5.41, 5.74) is -4.26. The minimum Gasteiger partial charge on any atom is -0.134 e. The Hall–Kier alpha value is -5.76. The van der Waals surface area contributed by atoms with Gasteiger partial charge < -0.3 is 0 Å². The van der Waals surface area contributed by atoms with Crippen molar-refractivity contribution < 1.29 is 38.4 Å². The molecule has 0 unspecified atom stereocenters. The molecule has 0 aliphatic carbocycles. The third-order valence-electron chi connectivity index (χ3n) is 7.81. The van der Waals surface area contributed by atoms with Crippen molar-refractivity contribution in [3.05, 3.63) is 169 Å². The lowest BCUT2D eigenvalue weighted by molar-refractivity contribution is 1.64. The SMILES string of the molecule is [2H]c1c([2H])c([2H])c(-c2c3c([2H])c([2H])c([2H])c([2H])c3c(-c3c([2H])c([2H])c(-c4c([2H])c5c([2H])c([2H])c([2H])c([2H])c5c5c4sc4c([2H])c([2H])c6c([2H])c([2H])c([2H])c([2H])c6c45)c([2H])c3[2H])c3c([2H])c([2H])c([2H])c([2H])c23)c([2H])c1[2H]. The molecule has 0 nitrogen and oxygen atoms in total. The Labute approximate surface area is 316 Å². The van der Waals surface area contributed by atoms with Gasteiger partial charge in [0.25, 0.3) is 0 Å². The van der Waals surface area contributed by atoms with Gasteiger partial charge in [-0.05, 0) is 83.0 Å². The lowest BCUT2D eigenvalue weighted by Crippen LogP contribution is -1.90. The van der Waals surface area contributed by atoms with Crippen LogP contribution in [0.5, 0.6) is 0 Å². The molecule has 0 atom stereocenters. The molecule has 0 saturated carbocycles. The molecule has 0 amide bonds. The van der Waals surface area contributed by atoms with Crippen LogP contribution in [0.25, 0.3) is 96.6 Å². The van der Waals surface area contributed by atoms with Crippen molar-refractivity contribution in [3.63, 3.8) is 0 Å². The van der Waals surface area contributed by atoms with E-state index in [2.05, 4.69) is 0 Å². The van der Waals surface area contributed by atoms with Gasteiger partial charge in [0, 0.05) is 25.7 Å². The Morgan fingerprint density at radius 2 is 0.830 bits per heavy atom. The topological polar surface area (TPSA) is 0 Å². The molecule has 218 valence electrons. The molecule has 10 aromatic rings. The van der Waals surface area contributed by atoms with Gasteiger partial charge in [-0.15, -0.1) is 11.3 Å². The second kappa shape index (κ2) is 10.4. The summed E-state index contributed by atoms with van der Waals surface area (Å²) in [6.45, 7) is 0. The second-order valence-electron chi connectivity index (χ2n) is 10.3. The zero-order valence-electron chi connectivity index (χ0n) is 51.4. The van der Waals surface area contributed by atoms with Crippen LogP contribution in [0.15, 0.2) is 169 Å². The van der Waals surface area contributed by atoms with Crippen LogP contribution in [0.2, 0.25) is 0 Å². The zero-order chi connectivity index (χ0) is 55.3. The van der Waals surface area contributed by atoms with Gasteiger partial charge >= 0.3 is 0 Å². The van der Waals surface area contributed by atoms with Crippen LogP contribution in [0.4, 0.5) is 0 Å². The van der Waals surface area contributed by atoms with E-state index in [0.29, 0.717) is 11.3 Å². The van der Waals surface area contributed by atoms with Crippen LogP contribution in [0, 0.1) is 0 Å². The second-order valence-corrected chi connectivity index (χ2v) is 11.3. The van der Waals surface area contributed by atoms with Gasteiger partial charge in [-0.2, -0.15) is 0 Å². The summed E-state index contributed by atoms with van der Waals surface area (Å²) in [5.74, 6) is 0. The number of benzene rings is 9. The highest BCUT2D eigenvalue weighted by Gasteiger charge is 2.19. The lowest BCUT2D eigenvalue weighted by atomic mass is 9.85. The lowest BCUT2D eigenvalue weighted by Gasteiger charge is -2.18. The Kier molecular flexibility index (Phi) is 2.41. The van der Waals surface area contributed by atoms with E-state index >= 15 is 0 Å². The van der Waals surface area contributed by atoms with Crippen LogP contribution in [-0.4, -0.2) is 0 Å². The molecule has 0 aliphatic heterocycles. The maximum atomic E-state index is 9.75. The van der Waals surface area contributed by atoms with Crippen LogP contribution >= 0.6 is 11.3 Å². The molecule has 0 bridgehead atoms. The number of fused-ring (bicyclic) bond motifs is 9. The maximum absolute atomic E-state index is 9.75. The average molecular weight is 641 g/mol. The molecular weight excluding hydrogens is 585 g/mol. The Bertz CT molecular complexity index is 4300. The highest BCUT2D eigenvalue weighted by molar-refractivity contribution is 7.26. The van der Waals surface area contributed by atoms with E-state index in [9.17, 15) is 12.3 Å². The summed E-state index contributed by atoms with van der Waals surface area (Å²) in [6.07, 6.45) is 0. The Morgan fingerprint density at radius 3 is 1.45 bits per heavy atom. The van der Waals surface area contributed by atoms with Crippen molar-refractivity contribution in [1.29, 1.82) is 0 Å². The Morgan fingerprint density at radius 1 is 0.362 bits per heavy atom. The predicted molar refractivity (Wildman–Crippen MR) is 206 cm³/mol. The van der Waals surface area contributed by atoms with E-state index in [1.807, 2.05) is 0 Å². The summed E-state index contributed by atoms with van der Waals surface area (Å²) in [4.78, 5) is 0. The predicted octanol–water partition coefficient (Wildman–Crippen LogP) is 13.7. The smallest absolute Gasteiger partial charge is 0.0638 e. The van der Waals surface area contributed by atoms with E-state index in [4.69, 9.17) is 26.0 Å². The van der Waals surface area contributed by atoms with E-state index in [1.54, 1.807) is 0 Å². The molecule has 1 heteroatoms. The molecule has 1 aromatic heterocycles. The van der Waals surface area contributed by atoms with Crippen molar-refractivity contribution in [3.8, 4) is 33.4 Å². The van der Waals surface area contributed by atoms with Crippen molar-refractivity contribution in [1.82, 2.24) is 0 Å². The quantitative estimate of drug-likeness (QED) is 0.169. The van der Waals surface area contributed by atoms with Crippen LogP contribution in [0.3, 0.4) is 0 Å². The first-order valence-electron chi connectivity index (χ1n) is 27.9. The summed E-state index contributed by atoms with van der Waals surface area (Å²) in [7, 11) is 0. The summed E-state index contributed by atoms with van der Waals surface area (Å²) in [5, 5.41) is -4.96. The van der Waals surface area contributed by atoms with Crippen molar-refractivity contribution >= 4 is 74.6 Å². The fraction of sp³-hybridized carbons (Fsp3) is 0. The highest BCUT2D eigenvalue weighted by Crippen LogP contribution is 2.48. The molecule has 0 spiro atoms. The molecular formula is C46H28S. The van der Waals surface area contributed by atoms with Gasteiger partial charge in [0.15, 0.2) is 0 Å². The van der Waals surface area contributed by atoms with E-state index in [1.165, 1.54) is 0 Å². The monoisotopic (exact) mass is 640 g/mol. The molecule has 9 aromatic carbocycles. The molecule has 0 aliphatic rings. The molecule has 47 heavy (non-hydrogen) atoms. The molecule has 0 radical (unpaired) electrons. The molecule has 10 rings (SSSR count). The van der Waals surface area contributed by atoms with Gasteiger partial charge in [0.1, 0.15) is 0 Å². The summed E-state index contributed by atoms with van der Waals surface area (Å²) < 4.78 is 252. The first kappa shape index (κ1) is 10.9. The van der Waals surface area contributed by atoms with Gasteiger partial charge in [-0.3, -0.25) is 0 Å². The number of rotatable bonds is 3. The third-order valence-corrected chi connectivity index (χ3v) is 8.93. The minimum atomic E-state index is -1.07. The summed E-state index contributed by atoms with van der Waals surface area (Å²) >= 11 is 0.609. The highest BCUT2D eigenvalue weighted by atomic mass is 32.1. The summed E-state index contributed by atoms with van der Waals surface area (Å²) in [6, 6.07) is -24.7. The molecule has 0 fully saturated rings. The van der Waals surface area contributed by atoms with Gasteiger partial charge in [-0.25, -0.2) is 0 Å². The van der Waals surface area contributed by atoms with Crippen molar-refractivity contribution in [2.45, 2.75) is 0 Å². The normalized spacial score (nSPS) is 20.2. The maximum Gasteiger partial charge on any atom is 0.0638 e. The molecule has 1 heterocycles. The number of hydrogen-bond acceptors (Lipinski definition) is 1. The standard InChI is InChI=1S/C46H28S/c1-2-13-31(14-3-1)42-36-18-8-10-20-38(36)43(39-21-11-9-19-37(39)42)32-24-22-30(23-25-32)40-28-33-15-5-7-17-35(33)45-44-34-16-6-4-12-29(34)26-27-41(44)47-46(40)45/h1-28H/i1D,2D,3D,4D,5D,6D,7D,8D,9D,10D,11D,12D,13D,14D,15D,16D,17D,18D,19D,20D,21D,22D,23D,24D,25D,26D,27D,28D. The largest absolute Gasteiger partial charge is 0.134 e. The zero-order valence-corrected chi connectivity index (χ0v) is 24.2. The molecule has 0 N–H and O–H groups in total. The first-order chi connectivity index (χ1) is 35.0. The number of thiophene rings is 1. The van der Waals surface area contributed by atoms with Crippen LogP contribution in [-0.2, 0) is 0 Å². The van der Waals surface area contributed by atoms with E-state index in [-0.39, 0.29) is 30.9 Å². The Balaban J connectivity index is 1.48. The third kappa shape index (κ3) is 4.00. The van der Waals surface area contributed by atoms with Crippen molar-refractivity contribution in [2.75, 3.05) is 0 Å². The number of hydrogen-bond donors (Lipinski definition) is 0. The van der Waals surface area contributed by atoms with E-state index in [0.717, 1.165) is 0 Å². The fourth-order valence-corrected chi connectivity index (χ4v) is 7.07. The first-order valence-corrected chi connectivity index (χ1v) is 14.7. The van der Waals surface area contributed by atoms with Gasteiger partial charge in [0.05, 0.1) is 38.4 Å². The average Bonchev–Trinajstić information content (AvgIpc) is 3.80. The van der Waals surface area contributed by atoms with Gasteiger partial charge in [-0.1, -0.05) is 157 Å².